The molecular formula is C15H8BrF5O2S. The van der Waals surface area contributed by atoms with Crippen molar-refractivity contribution < 1.29 is 30.7 Å². The summed E-state index contributed by atoms with van der Waals surface area (Å²) >= 11 is 0.709. The fourth-order valence-corrected chi connectivity index (χ4v) is 2.82. The Balaban J connectivity index is 2.63. The third-order valence-corrected chi connectivity index (χ3v) is 4.10. The van der Waals surface area contributed by atoms with Gasteiger partial charge in [-0.15, -0.1) is 0 Å². The summed E-state index contributed by atoms with van der Waals surface area (Å²) in [5, 5.41) is 0. The van der Waals surface area contributed by atoms with E-state index in [4.69, 9.17) is 4.55 Å². The van der Waals surface area contributed by atoms with Crippen molar-refractivity contribution in [1.82, 2.24) is 0 Å². The molecule has 0 amide bonds. The van der Waals surface area contributed by atoms with Crippen molar-refractivity contribution >= 4 is 38.7 Å². The molecule has 1 N–H and O–H groups in total. The van der Waals surface area contributed by atoms with E-state index in [-0.39, 0.29) is 5.56 Å². The van der Waals surface area contributed by atoms with E-state index in [0.29, 0.717) is 16.6 Å². The van der Waals surface area contributed by atoms with E-state index < -0.39 is 57.1 Å². The number of rotatable bonds is 4. The van der Waals surface area contributed by atoms with Gasteiger partial charge in [-0.3, -0.25) is 0 Å². The highest BCUT2D eigenvalue weighted by atomic mass is 79.9. The van der Waals surface area contributed by atoms with Gasteiger partial charge in [-0.2, -0.15) is 0 Å². The maximum absolute atomic E-state index is 14.4. The monoisotopic (exact) mass is 426 g/mol. The van der Waals surface area contributed by atoms with Crippen LogP contribution in [0.3, 0.4) is 0 Å². The molecule has 1 unspecified atom stereocenters. The Morgan fingerprint density at radius 3 is 2.25 bits per heavy atom. The van der Waals surface area contributed by atoms with Crippen molar-refractivity contribution in [3.05, 3.63) is 68.9 Å². The van der Waals surface area contributed by atoms with Crippen LogP contribution in [0.4, 0.5) is 22.0 Å². The molecule has 0 heterocycles. The van der Waals surface area contributed by atoms with Crippen LogP contribution in [-0.4, -0.2) is 8.76 Å². The van der Waals surface area contributed by atoms with E-state index in [9.17, 15) is 26.2 Å². The third-order valence-electron chi connectivity index (χ3n) is 3.05. The molecule has 9 heteroatoms. The molecule has 0 fully saturated rings. The second-order valence-corrected chi connectivity index (χ2v) is 6.47. The first-order chi connectivity index (χ1) is 11.2. The molecule has 0 saturated heterocycles. The minimum atomic E-state index is -2.33. The van der Waals surface area contributed by atoms with Crippen LogP contribution in [0.1, 0.15) is 16.7 Å². The van der Waals surface area contributed by atoms with E-state index >= 15 is 0 Å². The van der Waals surface area contributed by atoms with Gasteiger partial charge in [0.25, 0.3) is 0 Å². The van der Waals surface area contributed by atoms with Gasteiger partial charge in [-0.25, -0.2) is 26.2 Å². The molecule has 128 valence electrons. The predicted octanol–water partition coefficient (Wildman–Crippen LogP) is 5.35. The Bertz CT molecular complexity index is 854. The Kier molecular flexibility index (Phi) is 5.89. The summed E-state index contributed by atoms with van der Waals surface area (Å²) in [5.74, 6) is -9.16. The number of benzene rings is 2. The largest absolute Gasteiger partial charge is 0.306 e. The van der Waals surface area contributed by atoms with Crippen LogP contribution in [0.15, 0.2) is 34.8 Å². The molecule has 0 bridgehead atoms. The minimum absolute atomic E-state index is 0.0188. The predicted molar refractivity (Wildman–Crippen MR) is 84.0 cm³/mol. The van der Waals surface area contributed by atoms with Gasteiger partial charge in [-0.1, -0.05) is 22.0 Å². The topological polar surface area (TPSA) is 37.3 Å². The van der Waals surface area contributed by atoms with E-state index in [0.717, 1.165) is 6.07 Å². The fraction of sp³-hybridized carbons (Fsp3) is 0.0667. The molecular weight excluding hydrogens is 419 g/mol. The summed E-state index contributed by atoms with van der Waals surface area (Å²) in [5.41, 5.74) is -1.52. The van der Waals surface area contributed by atoms with Gasteiger partial charge >= 0.3 is 0 Å². The highest BCUT2D eigenvalue weighted by molar-refractivity contribution is 9.10. The zero-order chi connectivity index (χ0) is 18.0. The molecule has 2 aromatic rings. The smallest absolute Gasteiger partial charge is 0.195 e. The van der Waals surface area contributed by atoms with E-state index in [2.05, 4.69) is 15.9 Å². The van der Waals surface area contributed by atoms with E-state index in [1.165, 1.54) is 12.1 Å². The highest BCUT2D eigenvalue weighted by Gasteiger charge is 2.22. The first-order valence-electron chi connectivity index (χ1n) is 6.27. The maximum Gasteiger partial charge on any atom is 0.195 e. The van der Waals surface area contributed by atoms with Crippen LogP contribution in [0, 0.1) is 17.5 Å². The van der Waals surface area contributed by atoms with Gasteiger partial charge in [0, 0.05) is 10.0 Å². The van der Waals surface area contributed by atoms with Crippen LogP contribution in [0.25, 0.3) is 11.7 Å². The Morgan fingerprint density at radius 1 is 1.00 bits per heavy atom. The molecule has 0 aliphatic carbocycles. The molecule has 2 nitrogen and oxygen atoms in total. The molecule has 0 saturated carbocycles. The zero-order valence-corrected chi connectivity index (χ0v) is 14.0. The molecule has 1 atom stereocenters. The number of hydrogen-bond acceptors (Lipinski definition) is 1. The quantitative estimate of drug-likeness (QED) is 0.309. The van der Waals surface area contributed by atoms with Crippen molar-refractivity contribution in [2.24, 2.45) is 0 Å². The summed E-state index contributed by atoms with van der Waals surface area (Å²) in [6.07, 6.45) is 0. The minimum Gasteiger partial charge on any atom is -0.306 e. The molecule has 24 heavy (non-hydrogen) atoms. The van der Waals surface area contributed by atoms with E-state index in [1.807, 2.05) is 0 Å². The molecule has 0 aliphatic rings. The Labute approximate surface area is 144 Å². The molecule has 0 spiro atoms. The first-order valence-corrected chi connectivity index (χ1v) is 8.34. The van der Waals surface area contributed by atoms with Crippen molar-refractivity contribution in [3.63, 3.8) is 0 Å². The lowest BCUT2D eigenvalue weighted by Crippen LogP contribution is -2.00. The van der Waals surface area contributed by atoms with Gasteiger partial charge in [0.1, 0.15) is 0 Å². The third kappa shape index (κ3) is 3.90. The second-order valence-electron chi connectivity index (χ2n) is 4.62. The van der Waals surface area contributed by atoms with Crippen molar-refractivity contribution in [2.75, 3.05) is 0 Å². The van der Waals surface area contributed by atoms with Crippen molar-refractivity contribution in [1.29, 1.82) is 0 Å². The fourth-order valence-electron chi connectivity index (χ4n) is 1.94. The molecule has 2 aromatic carbocycles. The maximum atomic E-state index is 14.4. The van der Waals surface area contributed by atoms with Gasteiger partial charge in [0.2, 0.25) is 0 Å². The van der Waals surface area contributed by atoms with Crippen LogP contribution in [0.5, 0.6) is 0 Å². The Morgan fingerprint density at radius 2 is 1.62 bits per heavy atom. The van der Waals surface area contributed by atoms with Crippen LogP contribution in [-0.2, 0) is 16.8 Å². The van der Waals surface area contributed by atoms with Gasteiger partial charge in [0.05, 0.1) is 11.3 Å². The SMILES string of the molecule is O=S(O)Cc1ccc(Br)cc1C(F)=C(F)c1ccc(F)c(F)c1F. The lowest BCUT2D eigenvalue weighted by atomic mass is 10.0. The summed E-state index contributed by atoms with van der Waals surface area (Å²) in [4.78, 5) is 0. The first kappa shape index (κ1) is 18.8. The Hall–Kier alpha value is -1.58. The molecule has 0 aliphatic heterocycles. The zero-order valence-electron chi connectivity index (χ0n) is 11.6. The average Bonchev–Trinajstić information content (AvgIpc) is 2.53. The number of hydrogen-bond donors (Lipinski definition) is 1. The molecule has 2 rings (SSSR count). The van der Waals surface area contributed by atoms with Gasteiger partial charge < -0.3 is 4.55 Å². The van der Waals surface area contributed by atoms with Crippen LogP contribution >= 0.6 is 15.9 Å². The summed E-state index contributed by atoms with van der Waals surface area (Å²) < 4.78 is 88.6. The average molecular weight is 427 g/mol. The number of halogens is 6. The van der Waals surface area contributed by atoms with Crippen LogP contribution < -0.4 is 0 Å². The van der Waals surface area contributed by atoms with Gasteiger partial charge in [0.15, 0.2) is 40.2 Å². The van der Waals surface area contributed by atoms with Gasteiger partial charge in [-0.05, 0) is 29.8 Å². The molecule has 0 aromatic heterocycles. The summed E-state index contributed by atoms with van der Waals surface area (Å²) in [6, 6.07) is 4.86. The lowest BCUT2D eigenvalue weighted by molar-refractivity contribution is 0.444. The standard InChI is InChI=1S/C15H8BrF5O2S/c16-8-2-1-7(6-24(22)23)10(5-8)14(20)12(18)9-3-4-11(17)15(21)13(9)19/h1-5H,6H2,(H,22,23). The summed E-state index contributed by atoms with van der Waals surface area (Å²) in [7, 11) is 0. The van der Waals surface area contributed by atoms with Crippen molar-refractivity contribution in [2.45, 2.75) is 5.75 Å². The van der Waals surface area contributed by atoms with E-state index in [1.54, 1.807) is 0 Å². The molecule has 0 radical (unpaired) electrons. The van der Waals surface area contributed by atoms with Crippen LogP contribution in [0.2, 0.25) is 0 Å². The highest BCUT2D eigenvalue weighted by Crippen LogP contribution is 2.34. The second kappa shape index (κ2) is 7.54. The van der Waals surface area contributed by atoms with Crippen molar-refractivity contribution in [3.8, 4) is 0 Å². The summed E-state index contributed by atoms with van der Waals surface area (Å²) in [6.45, 7) is 0. The normalized spacial score (nSPS) is 13.6. The lowest BCUT2D eigenvalue weighted by Gasteiger charge is -2.09.